The molecule has 0 saturated carbocycles. The first kappa shape index (κ1) is 19.0. The van der Waals surface area contributed by atoms with Gasteiger partial charge in [0.05, 0.1) is 5.69 Å². The summed E-state index contributed by atoms with van der Waals surface area (Å²) in [6.45, 7) is 5.60. The smallest absolute Gasteiger partial charge is 0.160 e. The largest absolute Gasteiger partial charge is 0.508 e. The predicted octanol–water partition coefficient (Wildman–Crippen LogP) is 4.12. The molecular weight excluding hydrogens is 324 g/mol. The number of nitrogens with two attached hydrogens (primary N) is 1. The fourth-order valence-corrected chi connectivity index (χ4v) is 2.45. The number of phenolic OH excluding ortho intramolecular Hbond substituents is 1. The van der Waals surface area contributed by atoms with Crippen LogP contribution in [0.4, 0.5) is 5.69 Å². The van der Waals surface area contributed by atoms with Gasteiger partial charge < -0.3 is 10.8 Å². The Bertz CT molecular complexity index is 905. The van der Waals surface area contributed by atoms with Crippen LogP contribution in [0, 0.1) is 6.92 Å². The van der Waals surface area contributed by atoms with E-state index in [0.717, 1.165) is 27.9 Å². The van der Waals surface area contributed by atoms with E-state index >= 15 is 0 Å². The van der Waals surface area contributed by atoms with Gasteiger partial charge in [0.2, 0.25) is 0 Å². The summed E-state index contributed by atoms with van der Waals surface area (Å²) in [5.74, 6) is 0.790. The number of amidine groups is 1. The lowest BCUT2D eigenvalue weighted by Gasteiger charge is -2.07. The molecule has 0 amide bonds. The molecule has 0 aliphatic carbocycles. The van der Waals surface area contributed by atoms with Crippen molar-refractivity contribution in [2.75, 3.05) is 7.05 Å². The molecule has 0 aliphatic heterocycles. The number of aliphatic imine (C=N–C) groups is 2. The van der Waals surface area contributed by atoms with Crippen LogP contribution in [-0.4, -0.2) is 29.7 Å². The minimum Gasteiger partial charge on any atom is -0.508 e. The molecule has 0 bridgehead atoms. The third-order valence-corrected chi connectivity index (χ3v) is 3.67. The first-order valence-electron chi connectivity index (χ1n) is 8.11. The number of pyridine rings is 1. The molecule has 0 saturated heterocycles. The average molecular weight is 346 g/mol. The van der Waals surface area contributed by atoms with Crippen molar-refractivity contribution < 1.29 is 5.11 Å². The van der Waals surface area contributed by atoms with Gasteiger partial charge in [-0.2, -0.15) is 0 Å². The van der Waals surface area contributed by atoms with Gasteiger partial charge in [-0.25, -0.2) is 9.98 Å². The van der Waals surface area contributed by atoms with Crippen LogP contribution in [0.15, 0.2) is 77.0 Å². The van der Waals surface area contributed by atoms with Gasteiger partial charge in [0.25, 0.3) is 0 Å². The Balaban J connectivity index is 0.00000117. The van der Waals surface area contributed by atoms with Crippen molar-refractivity contribution in [1.82, 2.24) is 4.98 Å². The summed E-state index contributed by atoms with van der Waals surface area (Å²) >= 11 is 0. The Labute approximate surface area is 153 Å². The van der Waals surface area contributed by atoms with Gasteiger partial charge in [-0.1, -0.05) is 18.2 Å². The zero-order valence-electron chi connectivity index (χ0n) is 14.9. The van der Waals surface area contributed by atoms with Crippen molar-refractivity contribution >= 4 is 18.2 Å². The highest BCUT2D eigenvalue weighted by Crippen LogP contribution is 2.28. The molecule has 3 aromatic rings. The van der Waals surface area contributed by atoms with E-state index in [9.17, 15) is 5.11 Å². The molecule has 3 rings (SSSR count). The highest BCUT2D eigenvalue weighted by atomic mass is 16.3. The molecular formula is C21H22N4O. The van der Waals surface area contributed by atoms with Gasteiger partial charge in [0.1, 0.15) is 5.75 Å². The minimum absolute atomic E-state index is 0.252. The van der Waals surface area contributed by atoms with E-state index < -0.39 is 0 Å². The van der Waals surface area contributed by atoms with E-state index in [2.05, 4.69) is 27.4 Å². The van der Waals surface area contributed by atoms with Crippen LogP contribution in [0.25, 0.3) is 11.1 Å². The van der Waals surface area contributed by atoms with Crippen LogP contribution < -0.4 is 5.73 Å². The Morgan fingerprint density at radius 1 is 1.04 bits per heavy atom. The molecule has 5 nitrogen and oxygen atoms in total. The molecule has 3 N–H and O–H groups in total. The van der Waals surface area contributed by atoms with Crippen molar-refractivity contribution in [2.24, 2.45) is 15.7 Å². The topological polar surface area (TPSA) is 83.9 Å². The second-order valence-corrected chi connectivity index (χ2v) is 5.39. The number of hydrogen-bond acceptors (Lipinski definition) is 4. The summed E-state index contributed by atoms with van der Waals surface area (Å²) in [4.78, 5) is 12.7. The number of benzene rings is 2. The van der Waals surface area contributed by atoms with E-state index in [1.54, 1.807) is 24.5 Å². The highest BCUT2D eigenvalue weighted by Gasteiger charge is 2.05. The normalized spacial score (nSPS) is 10.7. The van der Waals surface area contributed by atoms with E-state index in [1.165, 1.54) is 7.05 Å². The molecule has 2 aromatic carbocycles. The maximum atomic E-state index is 9.63. The third-order valence-electron chi connectivity index (χ3n) is 3.67. The first-order valence-corrected chi connectivity index (χ1v) is 8.11. The lowest BCUT2D eigenvalue weighted by molar-refractivity contribution is 0.475. The zero-order valence-corrected chi connectivity index (χ0v) is 14.9. The Morgan fingerprint density at radius 2 is 1.81 bits per heavy atom. The van der Waals surface area contributed by atoms with Gasteiger partial charge in [-0.3, -0.25) is 4.98 Å². The third kappa shape index (κ3) is 4.62. The molecule has 0 radical (unpaired) electrons. The number of aromatic hydroxyl groups is 1. The molecule has 5 heteroatoms. The molecule has 0 spiro atoms. The van der Waals surface area contributed by atoms with Crippen LogP contribution in [-0.2, 0) is 0 Å². The summed E-state index contributed by atoms with van der Waals surface area (Å²) < 4.78 is 0. The Kier molecular flexibility index (Phi) is 6.76. The van der Waals surface area contributed by atoms with Crippen molar-refractivity contribution in [2.45, 2.75) is 6.92 Å². The van der Waals surface area contributed by atoms with Gasteiger partial charge in [-0.05, 0) is 73.8 Å². The van der Waals surface area contributed by atoms with Crippen LogP contribution in [0.1, 0.15) is 11.1 Å². The van der Waals surface area contributed by atoms with Crippen molar-refractivity contribution in [3.05, 3.63) is 78.1 Å². The average Bonchev–Trinajstić information content (AvgIpc) is 2.69. The van der Waals surface area contributed by atoms with Gasteiger partial charge in [0.15, 0.2) is 5.84 Å². The van der Waals surface area contributed by atoms with E-state index in [4.69, 9.17) is 0 Å². The minimum atomic E-state index is 0.252. The molecule has 0 atom stereocenters. The fraction of sp³-hybridized carbons (Fsp3) is 0.0952. The lowest BCUT2D eigenvalue weighted by Crippen LogP contribution is -1.96. The van der Waals surface area contributed by atoms with Gasteiger partial charge in [0, 0.05) is 18.0 Å². The van der Waals surface area contributed by atoms with E-state index in [1.807, 2.05) is 49.4 Å². The lowest BCUT2D eigenvalue weighted by atomic mass is 10.0. The summed E-state index contributed by atoms with van der Waals surface area (Å²) in [7, 11) is 1.50. The van der Waals surface area contributed by atoms with Crippen molar-refractivity contribution in [3.8, 4) is 16.9 Å². The standard InChI is InChI=1S/C20H17N3O.CH5N/c1-14-11-16(15-5-3-7-18(24)12-15)8-9-19(14)23-20(21-2)17-6-4-10-22-13-17;1-2/h3-13,24H,2H2,1H3;2H2,1H3. The first-order chi connectivity index (χ1) is 12.7. The maximum Gasteiger partial charge on any atom is 0.160 e. The van der Waals surface area contributed by atoms with Crippen LogP contribution in [0.3, 0.4) is 0 Å². The number of phenols is 1. The molecule has 0 unspecified atom stereocenters. The molecule has 1 heterocycles. The zero-order chi connectivity index (χ0) is 18.9. The van der Waals surface area contributed by atoms with Crippen LogP contribution in [0.5, 0.6) is 5.75 Å². The number of aromatic nitrogens is 1. The maximum absolute atomic E-state index is 9.63. The Hall–Kier alpha value is -3.31. The number of aryl methyl sites for hydroxylation is 1. The second-order valence-electron chi connectivity index (χ2n) is 5.39. The monoisotopic (exact) mass is 346 g/mol. The molecule has 0 aliphatic rings. The summed E-state index contributed by atoms with van der Waals surface area (Å²) in [5.41, 5.74) is 9.15. The molecule has 132 valence electrons. The summed E-state index contributed by atoms with van der Waals surface area (Å²) in [6, 6.07) is 16.9. The van der Waals surface area contributed by atoms with Crippen molar-refractivity contribution in [1.29, 1.82) is 0 Å². The van der Waals surface area contributed by atoms with Gasteiger partial charge >= 0.3 is 0 Å². The molecule has 0 fully saturated rings. The van der Waals surface area contributed by atoms with E-state index in [-0.39, 0.29) is 5.75 Å². The van der Waals surface area contributed by atoms with Gasteiger partial charge in [-0.15, -0.1) is 0 Å². The summed E-state index contributed by atoms with van der Waals surface area (Å²) in [6.07, 6.45) is 3.42. The Morgan fingerprint density at radius 3 is 2.42 bits per heavy atom. The van der Waals surface area contributed by atoms with Crippen LogP contribution in [0.2, 0.25) is 0 Å². The molecule has 1 aromatic heterocycles. The van der Waals surface area contributed by atoms with E-state index in [0.29, 0.717) is 5.84 Å². The SMILES string of the molecule is C=NC(=Nc1ccc(-c2cccc(O)c2)cc1C)c1cccnc1.CN. The highest BCUT2D eigenvalue weighted by molar-refractivity contribution is 6.02. The molecule has 26 heavy (non-hydrogen) atoms. The van der Waals surface area contributed by atoms with Crippen molar-refractivity contribution in [3.63, 3.8) is 0 Å². The summed E-state index contributed by atoms with van der Waals surface area (Å²) in [5, 5.41) is 9.63. The fourth-order valence-electron chi connectivity index (χ4n) is 2.45. The quantitative estimate of drug-likeness (QED) is 0.553. The number of hydrogen-bond donors (Lipinski definition) is 2. The predicted molar refractivity (Wildman–Crippen MR) is 108 cm³/mol. The number of nitrogens with zero attached hydrogens (tertiary/aromatic N) is 3. The number of rotatable bonds is 3. The van der Waals surface area contributed by atoms with Crippen LogP contribution >= 0.6 is 0 Å². The second kappa shape index (κ2) is 9.25.